The van der Waals surface area contributed by atoms with Crippen molar-refractivity contribution in [2.75, 3.05) is 26.2 Å². The predicted octanol–water partition coefficient (Wildman–Crippen LogP) is 1.02. The third kappa shape index (κ3) is 3.92. The molecule has 80 valence electrons. The average molecular weight is 196 g/mol. The van der Waals surface area contributed by atoms with Gasteiger partial charge >= 0.3 is 0 Å². The minimum atomic E-state index is -0.0740. The molecule has 0 spiro atoms. The van der Waals surface area contributed by atoms with Crippen molar-refractivity contribution in [1.29, 1.82) is 0 Å². The fourth-order valence-electron chi connectivity index (χ4n) is 1.90. The number of nitrogens with zero attached hydrogens (tertiary/aromatic N) is 1. The maximum absolute atomic E-state index is 10.9. The summed E-state index contributed by atoms with van der Waals surface area (Å²) >= 11 is 0. The van der Waals surface area contributed by atoms with Crippen LogP contribution in [0.5, 0.6) is 0 Å². The molecule has 1 N–H and O–H groups in total. The van der Waals surface area contributed by atoms with Gasteiger partial charge in [0.05, 0.1) is 0 Å². The number of likely N-dealkylation sites (tertiary alicyclic amines) is 1. The van der Waals surface area contributed by atoms with E-state index in [4.69, 9.17) is 0 Å². The summed E-state index contributed by atoms with van der Waals surface area (Å²) in [5.41, 5.74) is 0. The number of nitrogens with one attached hydrogen (secondary N) is 1. The first-order chi connectivity index (χ1) is 6.72. The first-order valence-corrected chi connectivity index (χ1v) is 5.35. The van der Waals surface area contributed by atoms with Crippen LogP contribution in [0.3, 0.4) is 0 Å². The Labute approximate surface area is 86.2 Å². The fourth-order valence-corrected chi connectivity index (χ4v) is 1.90. The van der Waals surface area contributed by atoms with Crippen molar-refractivity contribution in [3.63, 3.8) is 0 Å². The van der Waals surface area contributed by atoms with E-state index in [1.165, 1.54) is 32.0 Å². The van der Waals surface area contributed by atoms with Gasteiger partial charge in [0.15, 0.2) is 0 Å². The van der Waals surface area contributed by atoms with Gasteiger partial charge in [-0.2, -0.15) is 0 Å². The second-order valence-electron chi connectivity index (χ2n) is 4.04. The van der Waals surface area contributed by atoms with Gasteiger partial charge in [-0.3, -0.25) is 4.79 Å². The molecule has 0 aromatic rings. The van der Waals surface area contributed by atoms with Crippen molar-refractivity contribution in [2.24, 2.45) is 5.92 Å². The first kappa shape index (κ1) is 11.2. The predicted molar refractivity (Wildman–Crippen MR) is 58.0 cm³/mol. The lowest BCUT2D eigenvalue weighted by Gasteiger charge is -2.30. The second kappa shape index (κ2) is 5.81. The highest BCUT2D eigenvalue weighted by atomic mass is 16.1. The Bertz CT molecular complexity index is 203. The molecular formula is C11H20N2O. The molecule has 0 aromatic heterocycles. The maximum Gasteiger partial charge on any atom is 0.243 e. The molecule has 1 heterocycles. The van der Waals surface area contributed by atoms with Gasteiger partial charge < -0.3 is 10.2 Å². The Hall–Kier alpha value is -0.830. The maximum atomic E-state index is 10.9. The third-order valence-electron chi connectivity index (χ3n) is 2.65. The molecule has 0 saturated carbocycles. The number of carbonyl (C=O) groups excluding carboxylic acids is 1. The number of hydrogen-bond donors (Lipinski definition) is 1. The summed E-state index contributed by atoms with van der Waals surface area (Å²) in [6.07, 6.45) is 3.95. The molecule has 0 bridgehead atoms. The SMILES string of the molecule is C=CC(=O)NCCN1CCC[C@H](C)C1. The molecule has 3 nitrogen and oxygen atoms in total. The molecule has 3 heteroatoms. The van der Waals surface area contributed by atoms with Crippen molar-refractivity contribution in [3.8, 4) is 0 Å². The van der Waals surface area contributed by atoms with Crippen LogP contribution in [0.2, 0.25) is 0 Å². The summed E-state index contributed by atoms with van der Waals surface area (Å²) in [5, 5.41) is 2.80. The summed E-state index contributed by atoms with van der Waals surface area (Å²) in [6, 6.07) is 0. The van der Waals surface area contributed by atoms with Crippen LogP contribution in [-0.2, 0) is 4.79 Å². The Morgan fingerprint density at radius 2 is 2.50 bits per heavy atom. The summed E-state index contributed by atoms with van der Waals surface area (Å²) in [6.45, 7) is 9.74. The number of rotatable bonds is 4. The topological polar surface area (TPSA) is 32.3 Å². The lowest BCUT2D eigenvalue weighted by atomic mass is 10.0. The normalized spacial score (nSPS) is 23.1. The minimum Gasteiger partial charge on any atom is -0.351 e. The van der Waals surface area contributed by atoms with Crippen molar-refractivity contribution < 1.29 is 4.79 Å². The van der Waals surface area contributed by atoms with Crippen LogP contribution in [0, 0.1) is 5.92 Å². The zero-order valence-corrected chi connectivity index (χ0v) is 8.96. The van der Waals surface area contributed by atoms with E-state index in [1.54, 1.807) is 0 Å². The molecule has 0 aliphatic carbocycles. The van der Waals surface area contributed by atoms with Gasteiger partial charge in [0.1, 0.15) is 0 Å². The van der Waals surface area contributed by atoms with E-state index in [2.05, 4.69) is 23.7 Å². The summed E-state index contributed by atoms with van der Waals surface area (Å²) in [4.78, 5) is 13.3. The van der Waals surface area contributed by atoms with Crippen LogP contribution in [0.4, 0.5) is 0 Å². The molecule has 14 heavy (non-hydrogen) atoms. The van der Waals surface area contributed by atoms with E-state index in [0.29, 0.717) is 0 Å². The average Bonchev–Trinajstić information content (AvgIpc) is 2.17. The van der Waals surface area contributed by atoms with Gasteiger partial charge in [0.2, 0.25) is 5.91 Å². The zero-order valence-electron chi connectivity index (χ0n) is 8.96. The Morgan fingerprint density at radius 1 is 1.71 bits per heavy atom. The Balaban J connectivity index is 2.11. The van der Waals surface area contributed by atoms with E-state index in [9.17, 15) is 4.79 Å². The summed E-state index contributed by atoms with van der Waals surface area (Å²) in [5.74, 6) is 0.730. The van der Waals surface area contributed by atoms with Crippen molar-refractivity contribution >= 4 is 5.91 Å². The third-order valence-corrected chi connectivity index (χ3v) is 2.65. The van der Waals surface area contributed by atoms with E-state index in [-0.39, 0.29) is 5.91 Å². The molecule has 0 aromatic carbocycles. The van der Waals surface area contributed by atoms with Gasteiger partial charge in [-0.25, -0.2) is 0 Å². The largest absolute Gasteiger partial charge is 0.351 e. The van der Waals surface area contributed by atoms with Crippen LogP contribution in [0.25, 0.3) is 0 Å². The highest BCUT2D eigenvalue weighted by molar-refractivity contribution is 5.86. The molecular weight excluding hydrogens is 176 g/mol. The highest BCUT2D eigenvalue weighted by Gasteiger charge is 2.15. The lowest BCUT2D eigenvalue weighted by molar-refractivity contribution is -0.116. The summed E-state index contributed by atoms with van der Waals surface area (Å²) < 4.78 is 0. The van der Waals surface area contributed by atoms with Crippen molar-refractivity contribution in [3.05, 3.63) is 12.7 Å². The van der Waals surface area contributed by atoms with E-state index >= 15 is 0 Å². The van der Waals surface area contributed by atoms with E-state index in [1.807, 2.05) is 0 Å². The van der Waals surface area contributed by atoms with Crippen LogP contribution in [-0.4, -0.2) is 37.0 Å². The highest BCUT2D eigenvalue weighted by Crippen LogP contribution is 2.14. The van der Waals surface area contributed by atoms with E-state index < -0.39 is 0 Å². The van der Waals surface area contributed by atoms with Crippen LogP contribution < -0.4 is 5.32 Å². The Kier molecular flexibility index (Phi) is 4.66. The van der Waals surface area contributed by atoms with Gasteiger partial charge in [-0.15, -0.1) is 0 Å². The molecule has 0 radical (unpaired) electrons. The van der Waals surface area contributed by atoms with Gasteiger partial charge in [0.25, 0.3) is 0 Å². The molecule has 1 amide bonds. The molecule has 1 fully saturated rings. The smallest absolute Gasteiger partial charge is 0.243 e. The molecule has 1 atom stereocenters. The number of carbonyl (C=O) groups is 1. The molecule has 1 aliphatic rings. The minimum absolute atomic E-state index is 0.0740. The van der Waals surface area contributed by atoms with Crippen LogP contribution in [0.1, 0.15) is 19.8 Å². The molecule has 1 aliphatic heterocycles. The van der Waals surface area contributed by atoms with Gasteiger partial charge in [-0.05, 0) is 31.4 Å². The van der Waals surface area contributed by atoms with Crippen LogP contribution in [0.15, 0.2) is 12.7 Å². The monoisotopic (exact) mass is 196 g/mol. The lowest BCUT2D eigenvalue weighted by Crippen LogP contribution is -2.39. The summed E-state index contributed by atoms with van der Waals surface area (Å²) in [7, 11) is 0. The second-order valence-corrected chi connectivity index (χ2v) is 4.04. The van der Waals surface area contributed by atoms with Crippen LogP contribution >= 0.6 is 0 Å². The number of hydrogen-bond acceptors (Lipinski definition) is 2. The van der Waals surface area contributed by atoms with Crippen molar-refractivity contribution in [1.82, 2.24) is 10.2 Å². The van der Waals surface area contributed by atoms with E-state index in [0.717, 1.165) is 19.0 Å². The van der Waals surface area contributed by atoms with Gasteiger partial charge in [-0.1, -0.05) is 13.5 Å². The van der Waals surface area contributed by atoms with Crippen molar-refractivity contribution in [2.45, 2.75) is 19.8 Å². The molecule has 1 saturated heterocycles. The zero-order chi connectivity index (χ0) is 10.4. The first-order valence-electron chi connectivity index (χ1n) is 5.35. The quantitative estimate of drug-likeness (QED) is 0.681. The van der Waals surface area contributed by atoms with Gasteiger partial charge in [0, 0.05) is 19.6 Å². The fraction of sp³-hybridized carbons (Fsp3) is 0.727. The standard InChI is InChI=1S/C11H20N2O/c1-3-11(14)12-6-8-13-7-4-5-10(2)9-13/h3,10H,1,4-9H2,2H3,(H,12,14)/t10-/m0/s1. The molecule has 0 unspecified atom stereocenters. The molecule has 1 rings (SSSR count). The number of amides is 1. The Morgan fingerprint density at radius 3 is 3.14 bits per heavy atom. The number of piperidine rings is 1.